The molecule has 2 nitrogen and oxygen atoms in total. The molecule has 0 saturated carbocycles. The highest BCUT2D eigenvalue weighted by Gasteiger charge is 2.03. The van der Waals surface area contributed by atoms with E-state index in [4.69, 9.17) is 0 Å². The average Bonchev–Trinajstić information content (AvgIpc) is 2.14. The predicted octanol–water partition coefficient (Wildman–Crippen LogP) is 1.49. The molecule has 8 heavy (non-hydrogen) atoms. The van der Waals surface area contributed by atoms with E-state index in [1.165, 1.54) is 0 Å². The lowest BCUT2D eigenvalue weighted by Gasteiger charge is -2.09. The Morgan fingerprint density at radius 1 is 1.62 bits per heavy atom. The van der Waals surface area contributed by atoms with Crippen LogP contribution < -0.4 is 0 Å². The predicted molar refractivity (Wildman–Crippen MR) is 36.8 cm³/mol. The molecule has 0 radical (unpaired) electrons. The van der Waals surface area contributed by atoms with Gasteiger partial charge >= 0.3 is 0 Å². The van der Waals surface area contributed by atoms with Gasteiger partial charge in [-0.05, 0) is 6.20 Å². The second-order valence-electron chi connectivity index (χ2n) is 1.54. The van der Waals surface area contributed by atoms with Crippen LogP contribution in [-0.2, 0) is 0 Å². The largest absolute Gasteiger partial charge is 0.335 e. The second kappa shape index (κ2) is 2.22. The van der Waals surface area contributed by atoms with Gasteiger partial charge in [0.15, 0.2) is 0 Å². The van der Waals surface area contributed by atoms with Crippen LogP contribution in [0.2, 0.25) is 0 Å². The van der Waals surface area contributed by atoms with Gasteiger partial charge in [-0.2, -0.15) is 0 Å². The first-order valence-electron chi connectivity index (χ1n) is 2.32. The maximum Gasteiger partial charge on any atom is 0.104 e. The Morgan fingerprint density at radius 3 is 2.62 bits per heavy atom. The van der Waals surface area contributed by atoms with E-state index < -0.39 is 0 Å². The minimum absolute atomic E-state index is 0.851. The van der Waals surface area contributed by atoms with Crippen LogP contribution in [0.25, 0.3) is 0 Å². The fourth-order valence-electron chi connectivity index (χ4n) is 0.527. The van der Waals surface area contributed by atoms with Gasteiger partial charge in [0.25, 0.3) is 0 Å². The first kappa shape index (κ1) is 5.69. The van der Waals surface area contributed by atoms with Crippen molar-refractivity contribution in [3.05, 3.63) is 25.2 Å². The van der Waals surface area contributed by atoms with Crippen molar-refractivity contribution in [2.75, 3.05) is 6.67 Å². The van der Waals surface area contributed by atoms with E-state index in [9.17, 15) is 0 Å². The molecular weight excluding hydrogens is 168 g/mol. The molecule has 0 aromatic carbocycles. The summed E-state index contributed by atoms with van der Waals surface area (Å²) in [6.45, 7) is 4.46. The van der Waals surface area contributed by atoms with E-state index in [-0.39, 0.29) is 0 Å². The monoisotopic (exact) mass is 174 g/mol. The normalized spacial score (nSPS) is 17.6. The fraction of sp³-hybridized carbons (Fsp3) is 0.200. The molecule has 44 valence electrons. The zero-order chi connectivity index (χ0) is 5.98. The summed E-state index contributed by atoms with van der Waals surface area (Å²) in [5.74, 6) is 0. The highest BCUT2D eigenvalue weighted by atomic mass is 79.9. The van der Waals surface area contributed by atoms with E-state index in [0.29, 0.717) is 0 Å². The lowest BCUT2D eigenvalue weighted by Crippen LogP contribution is -2.12. The third kappa shape index (κ3) is 1.04. The summed E-state index contributed by atoms with van der Waals surface area (Å²) in [6.07, 6.45) is 5.65. The average molecular weight is 175 g/mol. The smallest absolute Gasteiger partial charge is 0.104 e. The molecule has 1 heterocycles. The number of rotatable bonds is 1. The Hall–Kier alpha value is -0.440. The van der Waals surface area contributed by atoms with Crippen LogP contribution in [0.3, 0.4) is 0 Å². The van der Waals surface area contributed by atoms with Crippen molar-refractivity contribution >= 4 is 16.1 Å². The molecule has 3 heteroatoms. The van der Waals surface area contributed by atoms with Gasteiger partial charge < -0.3 is 4.90 Å². The van der Waals surface area contributed by atoms with Gasteiger partial charge in [0.2, 0.25) is 0 Å². The molecule has 0 saturated heterocycles. The Bertz CT molecular complexity index is 122. The van der Waals surface area contributed by atoms with Gasteiger partial charge in [0.1, 0.15) is 6.67 Å². The molecule has 0 aromatic rings. The van der Waals surface area contributed by atoms with Crippen molar-refractivity contribution in [2.24, 2.45) is 0 Å². The first-order valence-corrected chi connectivity index (χ1v) is 3.03. The molecule has 0 N–H and O–H groups in total. The van der Waals surface area contributed by atoms with Crippen LogP contribution in [0.1, 0.15) is 0 Å². The topological polar surface area (TPSA) is 6.48 Å². The van der Waals surface area contributed by atoms with Crippen molar-refractivity contribution in [1.82, 2.24) is 8.83 Å². The van der Waals surface area contributed by atoms with Crippen LogP contribution in [-0.4, -0.2) is 15.5 Å². The Balaban J connectivity index is 2.45. The van der Waals surface area contributed by atoms with Crippen molar-refractivity contribution in [3.8, 4) is 0 Å². The quantitative estimate of drug-likeness (QED) is 0.557. The van der Waals surface area contributed by atoms with Crippen LogP contribution in [0.4, 0.5) is 0 Å². The third-order valence-corrected chi connectivity index (χ3v) is 1.41. The summed E-state index contributed by atoms with van der Waals surface area (Å²) in [5.41, 5.74) is 0. The van der Waals surface area contributed by atoms with Crippen LogP contribution in [0.5, 0.6) is 0 Å². The molecule has 0 bridgehead atoms. The standard InChI is InChI=1S/C5H7BrN2/c1-2-7-3-4-8(6)5-7/h2-4H,1,5H2. The Labute approximate surface area is 57.4 Å². The fourth-order valence-corrected chi connectivity index (χ4v) is 0.892. The lowest BCUT2D eigenvalue weighted by atomic mass is 10.8. The summed E-state index contributed by atoms with van der Waals surface area (Å²) in [7, 11) is 0. The number of nitrogens with zero attached hydrogens (tertiary/aromatic N) is 2. The zero-order valence-electron chi connectivity index (χ0n) is 4.42. The summed E-state index contributed by atoms with van der Waals surface area (Å²) >= 11 is 3.28. The van der Waals surface area contributed by atoms with Gasteiger partial charge in [0.05, 0.1) is 16.1 Å². The third-order valence-electron chi connectivity index (χ3n) is 0.953. The van der Waals surface area contributed by atoms with Gasteiger partial charge in [0, 0.05) is 12.4 Å². The van der Waals surface area contributed by atoms with Crippen LogP contribution >= 0.6 is 16.1 Å². The number of halogens is 1. The van der Waals surface area contributed by atoms with E-state index >= 15 is 0 Å². The van der Waals surface area contributed by atoms with Crippen molar-refractivity contribution in [1.29, 1.82) is 0 Å². The van der Waals surface area contributed by atoms with Gasteiger partial charge in [-0.3, -0.25) is 3.93 Å². The molecule has 1 aliphatic heterocycles. The first-order chi connectivity index (χ1) is 3.83. The van der Waals surface area contributed by atoms with Crippen molar-refractivity contribution in [3.63, 3.8) is 0 Å². The van der Waals surface area contributed by atoms with Crippen LogP contribution in [0, 0.1) is 0 Å². The molecule has 0 aliphatic carbocycles. The highest BCUT2D eigenvalue weighted by Crippen LogP contribution is 2.09. The molecule has 1 aliphatic rings. The summed E-state index contributed by atoms with van der Waals surface area (Å²) in [5, 5.41) is 0. The number of hydrogen-bond acceptors (Lipinski definition) is 2. The molecule has 0 atom stereocenters. The summed E-state index contributed by atoms with van der Waals surface area (Å²) < 4.78 is 1.90. The molecule has 0 spiro atoms. The van der Waals surface area contributed by atoms with E-state index in [0.717, 1.165) is 6.67 Å². The van der Waals surface area contributed by atoms with Gasteiger partial charge in [-0.15, -0.1) is 0 Å². The molecule has 0 amide bonds. The molecule has 0 unspecified atom stereocenters. The molecule has 0 fully saturated rings. The Kier molecular flexibility index (Phi) is 1.58. The van der Waals surface area contributed by atoms with Crippen molar-refractivity contribution in [2.45, 2.75) is 0 Å². The van der Waals surface area contributed by atoms with Gasteiger partial charge in [-0.25, -0.2) is 0 Å². The molecule has 1 rings (SSSR count). The molecular formula is C5H7BrN2. The van der Waals surface area contributed by atoms with E-state index in [1.54, 1.807) is 6.20 Å². The maximum atomic E-state index is 3.60. The Morgan fingerprint density at radius 2 is 2.38 bits per heavy atom. The highest BCUT2D eigenvalue weighted by molar-refractivity contribution is 9.07. The lowest BCUT2D eigenvalue weighted by molar-refractivity contribution is 0.455. The van der Waals surface area contributed by atoms with E-state index in [1.807, 2.05) is 21.2 Å². The van der Waals surface area contributed by atoms with Gasteiger partial charge in [-0.1, -0.05) is 6.58 Å². The minimum Gasteiger partial charge on any atom is -0.335 e. The number of hydrogen-bond donors (Lipinski definition) is 0. The summed E-state index contributed by atoms with van der Waals surface area (Å²) in [4.78, 5) is 1.97. The SMILES string of the molecule is C=CN1C=CN(Br)C1. The minimum atomic E-state index is 0.851. The maximum absolute atomic E-state index is 3.60. The molecule has 0 aromatic heterocycles. The second-order valence-corrected chi connectivity index (χ2v) is 2.45. The van der Waals surface area contributed by atoms with E-state index in [2.05, 4.69) is 22.7 Å². The van der Waals surface area contributed by atoms with Crippen LogP contribution in [0.15, 0.2) is 25.2 Å². The van der Waals surface area contributed by atoms with Crippen molar-refractivity contribution < 1.29 is 0 Å². The zero-order valence-corrected chi connectivity index (χ0v) is 6.00. The summed E-state index contributed by atoms with van der Waals surface area (Å²) in [6, 6.07) is 0.